The molecule has 5 nitrogen and oxygen atoms in total. The summed E-state index contributed by atoms with van der Waals surface area (Å²) >= 11 is 0. The molecule has 0 N–H and O–H groups in total. The third kappa shape index (κ3) is 5.14. The van der Waals surface area contributed by atoms with E-state index in [0.717, 1.165) is 5.56 Å². The number of ketones is 2. The first kappa shape index (κ1) is 19.1. The molecule has 0 saturated heterocycles. The molecule has 5 heteroatoms. The van der Waals surface area contributed by atoms with Crippen LogP contribution >= 0.6 is 0 Å². The minimum Gasteiger partial charge on any atom is -0.497 e. The second-order valence-corrected chi connectivity index (χ2v) is 5.43. The van der Waals surface area contributed by atoms with Crippen molar-refractivity contribution >= 4 is 29.2 Å². The summed E-state index contributed by atoms with van der Waals surface area (Å²) in [5, 5.41) is 0. The first-order chi connectivity index (χ1) is 12.5. The number of esters is 1. The Labute approximate surface area is 152 Å². The average Bonchev–Trinajstić information content (AvgIpc) is 2.66. The molecule has 0 aliphatic carbocycles. The lowest BCUT2D eigenvalue weighted by atomic mass is 9.95. The van der Waals surface area contributed by atoms with Crippen LogP contribution in [0.25, 0.3) is 11.6 Å². The zero-order valence-corrected chi connectivity index (χ0v) is 14.7. The molecule has 0 radical (unpaired) electrons. The molecule has 134 valence electrons. The number of hydrogen-bond acceptors (Lipinski definition) is 5. The molecule has 0 atom stereocenters. The number of carbonyl (C=O) groups excluding carboxylic acids is 3. The summed E-state index contributed by atoms with van der Waals surface area (Å²) in [7, 11) is 1.55. The van der Waals surface area contributed by atoms with Gasteiger partial charge >= 0.3 is 5.97 Å². The van der Waals surface area contributed by atoms with Crippen molar-refractivity contribution in [3.63, 3.8) is 0 Å². The van der Waals surface area contributed by atoms with Crippen LogP contribution in [0, 0.1) is 0 Å². The Bertz CT molecular complexity index is 804. The molecule has 0 heterocycles. The maximum atomic E-state index is 12.7. The number of ether oxygens (including phenoxy) is 2. The van der Waals surface area contributed by atoms with Gasteiger partial charge in [0, 0.05) is 5.57 Å². The van der Waals surface area contributed by atoms with Gasteiger partial charge in [0.05, 0.1) is 13.7 Å². The van der Waals surface area contributed by atoms with E-state index >= 15 is 0 Å². The summed E-state index contributed by atoms with van der Waals surface area (Å²) in [6, 6.07) is 16.0. The van der Waals surface area contributed by atoms with Crippen molar-refractivity contribution in [2.75, 3.05) is 13.7 Å². The van der Waals surface area contributed by atoms with Gasteiger partial charge in [0.1, 0.15) is 12.2 Å². The van der Waals surface area contributed by atoms with Gasteiger partial charge in [-0.25, -0.2) is 0 Å². The highest BCUT2D eigenvalue weighted by Gasteiger charge is 2.23. The molecule has 0 spiro atoms. The van der Waals surface area contributed by atoms with Gasteiger partial charge in [-0.3, -0.25) is 14.4 Å². The molecule has 2 rings (SSSR count). The molecule has 0 saturated carbocycles. The number of benzene rings is 2. The van der Waals surface area contributed by atoms with Crippen molar-refractivity contribution in [3.8, 4) is 5.75 Å². The molecule has 0 bridgehead atoms. The summed E-state index contributed by atoms with van der Waals surface area (Å²) < 4.78 is 9.87. The SMILES string of the molecule is CCOC(=O)CC(=O)C(=O)/C(=C/c1ccccc1)c1ccc(OC)cc1. The molecule has 0 aliphatic heterocycles. The van der Waals surface area contributed by atoms with Crippen LogP contribution in [0.2, 0.25) is 0 Å². The third-order valence-corrected chi connectivity index (χ3v) is 3.62. The standard InChI is InChI=1S/C21H20O5/c1-3-26-20(23)14-19(22)21(24)18(13-15-7-5-4-6-8-15)16-9-11-17(25-2)12-10-16/h4-13H,3,14H2,1-2H3/b18-13+. The van der Waals surface area contributed by atoms with E-state index in [1.54, 1.807) is 44.4 Å². The minimum absolute atomic E-state index is 0.158. The highest BCUT2D eigenvalue weighted by molar-refractivity contribution is 6.56. The molecule has 0 unspecified atom stereocenters. The van der Waals surface area contributed by atoms with E-state index in [-0.39, 0.29) is 12.2 Å². The average molecular weight is 352 g/mol. The fourth-order valence-electron chi connectivity index (χ4n) is 2.34. The summed E-state index contributed by atoms with van der Waals surface area (Å²) in [6.45, 7) is 1.80. The van der Waals surface area contributed by atoms with E-state index < -0.39 is 24.0 Å². The number of methoxy groups -OCH3 is 1. The van der Waals surface area contributed by atoms with Crippen LogP contribution in [0.15, 0.2) is 54.6 Å². The predicted octanol–water partition coefficient (Wildman–Crippen LogP) is 3.33. The summed E-state index contributed by atoms with van der Waals surface area (Å²) in [6.07, 6.45) is 1.06. The topological polar surface area (TPSA) is 69.7 Å². The number of rotatable bonds is 8. The van der Waals surface area contributed by atoms with E-state index in [1.807, 2.05) is 30.3 Å². The Morgan fingerprint density at radius 2 is 1.62 bits per heavy atom. The van der Waals surface area contributed by atoms with Crippen molar-refractivity contribution in [1.29, 1.82) is 0 Å². The van der Waals surface area contributed by atoms with Crippen LogP contribution in [-0.2, 0) is 19.1 Å². The molecular weight excluding hydrogens is 332 g/mol. The molecule has 0 aromatic heterocycles. The van der Waals surface area contributed by atoms with Crippen LogP contribution in [0.1, 0.15) is 24.5 Å². The molecule has 0 aliphatic rings. The molecule has 26 heavy (non-hydrogen) atoms. The number of carbonyl (C=O) groups is 3. The Morgan fingerprint density at radius 3 is 2.19 bits per heavy atom. The summed E-state index contributed by atoms with van der Waals surface area (Å²) in [4.78, 5) is 36.5. The summed E-state index contributed by atoms with van der Waals surface area (Å²) in [5.41, 5.74) is 1.56. The Kier molecular flexibility index (Phi) is 6.85. The van der Waals surface area contributed by atoms with Crippen molar-refractivity contribution in [2.45, 2.75) is 13.3 Å². The van der Waals surface area contributed by atoms with E-state index in [9.17, 15) is 14.4 Å². The van der Waals surface area contributed by atoms with Gasteiger partial charge in [0.25, 0.3) is 0 Å². The van der Waals surface area contributed by atoms with Crippen molar-refractivity contribution in [2.24, 2.45) is 0 Å². The highest BCUT2D eigenvalue weighted by Crippen LogP contribution is 2.23. The lowest BCUT2D eigenvalue weighted by Gasteiger charge is -2.08. The Balaban J connectivity index is 2.36. The maximum Gasteiger partial charge on any atom is 0.313 e. The van der Waals surface area contributed by atoms with Crippen molar-refractivity contribution < 1.29 is 23.9 Å². The lowest BCUT2D eigenvalue weighted by Crippen LogP contribution is -2.20. The predicted molar refractivity (Wildman–Crippen MR) is 98.6 cm³/mol. The Morgan fingerprint density at radius 1 is 0.962 bits per heavy atom. The molecule has 0 fully saturated rings. The van der Waals surface area contributed by atoms with Gasteiger partial charge in [0.2, 0.25) is 11.6 Å². The third-order valence-electron chi connectivity index (χ3n) is 3.62. The van der Waals surface area contributed by atoms with Crippen LogP contribution in [-0.4, -0.2) is 31.3 Å². The first-order valence-electron chi connectivity index (χ1n) is 8.19. The smallest absolute Gasteiger partial charge is 0.313 e. The fraction of sp³-hybridized carbons (Fsp3) is 0.190. The Hall–Kier alpha value is -3.21. The van der Waals surface area contributed by atoms with Crippen LogP contribution < -0.4 is 4.74 Å². The first-order valence-corrected chi connectivity index (χ1v) is 8.19. The maximum absolute atomic E-state index is 12.7. The van der Waals surface area contributed by atoms with Crippen LogP contribution in [0.3, 0.4) is 0 Å². The van der Waals surface area contributed by atoms with Crippen molar-refractivity contribution in [3.05, 3.63) is 65.7 Å². The van der Waals surface area contributed by atoms with Gasteiger partial charge < -0.3 is 9.47 Å². The monoisotopic (exact) mass is 352 g/mol. The number of Topliss-reactive ketones (excluding diaryl/α,β-unsaturated/α-hetero) is 2. The van der Waals surface area contributed by atoms with Gasteiger partial charge in [-0.05, 0) is 36.3 Å². The molecule has 2 aromatic rings. The highest BCUT2D eigenvalue weighted by atomic mass is 16.5. The number of hydrogen-bond donors (Lipinski definition) is 0. The van der Waals surface area contributed by atoms with E-state index in [0.29, 0.717) is 11.3 Å². The van der Waals surface area contributed by atoms with Crippen molar-refractivity contribution in [1.82, 2.24) is 0 Å². The normalized spacial score (nSPS) is 10.9. The second-order valence-electron chi connectivity index (χ2n) is 5.43. The van der Waals surface area contributed by atoms with E-state index in [1.165, 1.54) is 0 Å². The molecule has 2 aromatic carbocycles. The van der Waals surface area contributed by atoms with Gasteiger partial charge in [-0.15, -0.1) is 0 Å². The molecule has 0 amide bonds. The lowest BCUT2D eigenvalue weighted by molar-refractivity contribution is -0.147. The van der Waals surface area contributed by atoms with E-state index in [4.69, 9.17) is 9.47 Å². The fourth-order valence-corrected chi connectivity index (χ4v) is 2.34. The van der Waals surface area contributed by atoms with E-state index in [2.05, 4.69) is 0 Å². The van der Waals surface area contributed by atoms with Gasteiger partial charge in [-0.1, -0.05) is 42.5 Å². The zero-order valence-electron chi connectivity index (χ0n) is 14.7. The van der Waals surface area contributed by atoms with Crippen LogP contribution in [0.4, 0.5) is 0 Å². The van der Waals surface area contributed by atoms with Gasteiger partial charge in [0.15, 0.2) is 0 Å². The number of allylic oxidation sites excluding steroid dienone is 1. The summed E-state index contributed by atoms with van der Waals surface area (Å²) in [5.74, 6) is -1.61. The quantitative estimate of drug-likeness (QED) is 0.240. The molecular formula is C21H20O5. The largest absolute Gasteiger partial charge is 0.497 e. The minimum atomic E-state index is -0.804. The zero-order chi connectivity index (χ0) is 18.9. The van der Waals surface area contributed by atoms with Gasteiger partial charge in [-0.2, -0.15) is 0 Å². The van der Waals surface area contributed by atoms with Crippen LogP contribution in [0.5, 0.6) is 5.75 Å². The second kappa shape index (κ2) is 9.32.